The van der Waals surface area contributed by atoms with Crippen molar-refractivity contribution in [2.24, 2.45) is 11.8 Å². The van der Waals surface area contributed by atoms with E-state index in [1.54, 1.807) is 7.11 Å². The fraction of sp³-hybridized carbons (Fsp3) is 0.929. The van der Waals surface area contributed by atoms with Crippen molar-refractivity contribution < 1.29 is 9.53 Å². The van der Waals surface area contributed by atoms with E-state index in [9.17, 15) is 4.79 Å². The van der Waals surface area contributed by atoms with E-state index in [-0.39, 0.29) is 6.03 Å². The molecule has 0 bridgehead atoms. The van der Waals surface area contributed by atoms with Gasteiger partial charge in [0.1, 0.15) is 0 Å². The van der Waals surface area contributed by atoms with Crippen molar-refractivity contribution in [3.05, 3.63) is 0 Å². The highest BCUT2D eigenvalue weighted by molar-refractivity contribution is 5.73. The Morgan fingerprint density at radius 1 is 1.17 bits per heavy atom. The van der Waals surface area contributed by atoms with E-state index in [0.717, 1.165) is 18.9 Å². The lowest BCUT2D eigenvalue weighted by Gasteiger charge is -2.27. The molecular weight excluding hydrogens is 228 g/mol. The highest BCUT2D eigenvalue weighted by Crippen LogP contribution is 2.29. The molecule has 4 heteroatoms. The molecule has 18 heavy (non-hydrogen) atoms. The van der Waals surface area contributed by atoms with Crippen LogP contribution in [0.15, 0.2) is 0 Å². The van der Waals surface area contributed by atoms with E-state index >= 15 is 0 Å². The third-order valence-electron chi connectivity index (χ3n) is 3.91. The number of amides is 2. The molecule has 0 aromatic rings. The van der Waals surface area contributed by atoms with Gasteiger partial charge in [-0.05, 0) is 31.1 Å². The zero-order valence-corrected chi connectivity index (χ0v) is 11.8. The molecule has 0 atom stereocenters. The average Bonchev–Trinajstić information content (AvgIpc) is 2.42. The summed E-state index contributed by atoms with van der Waals surface area (Å²) in [7, 11) is 1.67. The maximum Gasteiger partial charge on any atom is 0.314 e. The SMILES string of the molecule is CCC1CCC(CNC(=O)NCCCOC)CC1. The molecule has 0 radical (unpaired) electrons. The number of carbonyl (C=O) groups is 1. The molecule has 4 nitrogen and oxygen atoms in total. The Balaban J connectivity index is 2.01. The van der Waals surface area contributed by atoms with E-state index < -0.39 is 0 Å². The molecule has 0 heterocycles. The lowest BCUT2D eigenvalue weighted by Crippen LogP contribution is -2.39. The minimum atomic E-state index is -0.0382. The van der Waals surface area contributed by atoms with E-state index in [1.165, 1.54) is 32.1 Å². The summed E-state index contributed by atoms with van der Waals surface area (Å²) in [6.45, 7) is 4.48. The Labute approximate surface area is 111 Å². The number of urea groups is 1. The van der Waals surface area contributed by atoms with Crippen LogP contribution < -0.4 is 10.6 Å². The quantitative estimate of drug-likeness (QED) is 0.688. The standard InChI is InChI=1S/C14H28N2O2/c1-3-12-5-7-13(8-6-12)11-16-14(17)15-9-4-10-18-2/h12-13H,3-11H2,1-2H3,(H2,15,16,17). The summed E-state index contributed by atoms with van der Waals surface area (Å²) in [6, 6.07) is -0.0382. The molecule has 1 aliphatic rings. The van der Waals surface area contributed by atoms with Crippen LogP contribution >= 0.6 is 0 Å². The number of hydrogen-bond donors (Lipinski definition) is 2. The van der Waals surface area contributed by atoms with Crippen molar-refractivity contribution in [3.8, 4) is 0 Å². The molecule has 0 saturated heterocycles. The van der Waals surface area contributed by atoms with Gasteiger partial charge in [-0.2, -0.15) is 0 Å². The minimum absolute atomic E-state index is 0.0382. The average molecular weight is 256 g/mol. The smallest absolute Gasteiger partial charge is 0.314 e. The normalized spacial score (nSPS) is 23.7. The fourth-order valence-electron chi connectivity index (χ4n) is 2.56. The van der Waals surface area contributed by atoms with E-state index in [0.29, 0.717) is 19.1 Å². The number of ether oxygens (including phenoxy) is 1. The predicted octanol–water partition coefficient (Wildman–Crippen LogP) is 2.54. The Kier molecular flexibility index (Phi) is 7.81. The number of methoxy groups -OCH3 is 1. The molecule has 2 amide bonds. The third kappa shape index (κ3) is 6.24. The fourth-order valence-corrected chi connectivity index (χ4v) is 2.56. The van der Waals surface area contributed by atoms with Crippen LogP contribution in [0.5, 0.6) is 0 Å². The first-order valence-corrected chi connectivity index (χ1v) is 7.26. The monoisotopic (exact) mass is 256 g/mol. The van der Waals surface area contributed by atoms with Gasteiger partial charge >= 0.3 is 6.03 Å². The molecule has 0 aliphatic heterocycles. The van der Waals surface area contributed by atoms with Crippen molar-refractivity contribution >= 4 is 6.03 Å². The summed E-state index contributed by atoms with van der Waals surface area (Å²) in [4.78, 5) is 11.5. The summed E-state index contributed by atoms with van der Waals surface area (Å²) in [5.74, 6) is 1.60. The molecule has 2 N–H and O–H groups in total. The summed E-state index contributed by atoms with van der Waals surface area (Å²) in [5, 5.41) is 5.82. The van der Waals surface area contributed by atoms with Gasteiger partial charge < -0.3 is 15.4 Å². The van der Waals surface area contributed by atoms with Crippen molar-refractivity contribution in [2.75, 3.05) is 26.8 Å². The lowest BCUT2D eigenvalue weighted by molar-refractivity contribution is 0.193. The van der Waals surface area contributed by atoms with Gasteiger partial charge in [-0.3, -0.25) is 0 Å². The first-order valence-electron chi connectivity index (χ1n) is 7.26. The van der Waals surface area contributed by atoms with Crippen LogP contribution in [0.4, 0.5) is 4.79 Å². The Hall–Kier alpha value is -0.770. The van der Waals surface area contributed by atoms with Gasteiger partial charge in [0.25, 0.3) is 0 Å². The number of rotatable bonds is 7. The second-order valence-corrected chi connectivity index (χ2v) is 5.28. The third-order valence-corrected chi connectivity index (χ3v) is 3.91. The molecule has 1 saturated carbocycles. The second kappa shape index (κ2) is 9.20. The maximum atomic E-state index is 11.5. The zero-order chi connectivity index (χ0) is 13.2. The molecule has 0 aromatic carbocycles. The minimum Gasteiger partial charge on any atom is -0.385 e. The highest BCUT2D eigenvalue weighted by Gasteiger charge is 2.20. The topological polar surface area (TPSA) is 50.4 Å². The van der Waals surface area contributed by atoms with Gasteiger partial charge in [0, 0.05) is 26.8 Å². The Morgan fingerprint density at radius 2 is 1.83 bits per heavy atom. The van der Waals surface area contributed by atoms with E-state index in [2.05, 4.69) is 17.6 Å². The molecule has 106 valence electrons. The van der Waals surface area contributed by atoms with Gasteiger partial charge in [-0.1, -0.05) is 26.2 Å². The van der Waals surface area contributed by atoms with Crippen molar-refractivity contribution in [3.63, 3.8) is 0 Å². The van der Waals surface area contributed by atoms with Gasteiger partial charge in [0.15, 0.2) is 0 Å². The first kappa shape index (κ1) is 15.3. The summed E-state index contributed by atoms with van der Waals surface area (Å²) >= 11 is 0. The highest BCUT2D eigenvalue weighted by atomic mass is 16.5. The Bertz CT molecular complexity index is 226. The summed E-state index contributed by atoms with van der Waals surface area (Å²) < 4.78 is 4.93. The van der Waals surface area contributed by atoms with Gasteiger partial charge in [0.2, 0.25) is 0 Å². The van der Waals surface area contributed by atoms with Crippen LogP contribution in [0, 0.1) is 11.8 Å². The summed E-state index contributed by atoms with van der Waals surface area (Å²) in [5.41, 5.74) is 0. The van der Waals surface area contributed by atoms with Crippen LogP contribution in [-0.4, -0.2) is 32.8 Å². The van der Waals surface area contributed by atoms with Gasteiger partial charge in [-0.25, -0.2) is 4.79 Å². The van der Waals surface area contributed by atoms with Crippen LogP contribution in [0.3, 0.4) is 0 Å². The molecule has 0 aromatic heterocycles. The van der Waals surface area contributed by atoms with E-state index in [4.69, 9.17) is 4.74 Å². The van der Waals surface area contributed by atoms with Crippen molar-refractivity contribution in [1.82, 2.24) is 10.6 Å². The van der Waals surface area contributed by atoms with Crippen molar-refractivity contribution in [2.45, 2.75) is 45.4 Å². The number of nitrogens with one attached hydrogen (secondary N) is 2. The van der Waals surface area contributed by atoms with Gasteiger partial charge in [-0.15, -0.1) is 0 Å². The number of carbonyl (C=O) groups excluding carboxylic acids is 1. The number of hydrogen-bond acceptors (Lipinski definition) is 2. The van der Waals surface area contributed by atoms with Crippen LogP contribution in [0.25, 0.3) is 0 Å². The van der Waals surface area contributed by atoms with Crippen LogP contribution in [-0.2, 0) is 4.74 Å². The molecule has 0 spiro atoms. The maximum absolute atomic E-state index is 11.5. The second-order valence-electron chi connectivity index (χ2n) is 5.28. The first-order chi connectivity index (χ1) is 8.76. The predicted molar refractivity (Wildman–Crippen MR) is 73.6 cm³/mol. The largest absolute Gasteiger partial charge is 0.385 e. The van der Waals surface area contributed by atoms with Crippen LogP contribution in [0.2, 0.25) is 0 Å². The molecule has 0 unspecified atom stereocenters. The Morgan fingerprint density at radius 3 is 2.44 bits per heavy atom. The summed E-state index contributed by atoms with van der Waals surface area (Å²) in [6.07, 6.45) is 7.37. The zero-order valence-electron chi connectivity index (χ0n) is 11.8. The molecule has 1 fully saturated rings. The van der Waals surface area contributed by atoms with Crippen LogP contribution in [0.1, 0.15) is 45.4 Å². The molecule has 1 rings (SSSR count). The van der Waals surface area contributed by atoms with Gasteiger partial charge in [0.05, 0.1) is 0 Å². The van der Waals surface area contributed by atoms with Crippen molar-refractivity contribution in [1.29, 1.82) is 0 Å². The van der Waals surface area contributed by atoms with E-state index in [1.807, 2.05) is 0 Å². The molecular formula is C14H28N2O2. The lowest BCUT2D eigenvalue weighted by atomic mass is 9.81. The molecule has 1 aliphatic carbocycles.